The molecule has 1 heterocycles. The normalized spacial score (nSPS) is 10.7. The lowest BCUT2D eigenvalue weighted by atomic mass is 10.1. The van der Waals surface area contributed by atoms with Crippen LogP contribution in [0.3, 0.4) is 0 Å². The first-order valence-corrected chi connectivity index (χ1v) is 6.66. The molecule has 0 aliphatic carbocycles. The highest BCUT2D eigenvalue weighted by molar-refractivity contribution is 5.65. The molecule has 3 heteroatoms. The van der Waals surface area contributed by atoms with Crippen LogP contribution in [0.4, 0.5) is 5.69 Å². The SMILES string of the molecule is Cc1ccc(-c2cnc(Cc3ccccc3)[nH]2)cc1N. The Hall–Kier alpha value is -2.55. The van der Waals surface area contributed by atoms with Crippen molar-refractivity contribution in [3.05, 3.63) is 71.7 Å². The molecule has 2 aromatic carbocycles. The van der Waals surface area contributed by atoms with Gasteiger partial charge in [-0.2, -0.15) is 0 Å². The number of aryl methyl sites for hydroxylation is 1. The summed E-state index contributed by atoms with van der Waals surface area (Å²) in [6.45, 7) is 2.01. The first-order valence-electron chi connectivity index (χ1n) is 6.66. The lowest BCUT2D eigenvalue weighted by Gasteiger charge is -2.03. The average molecular weight is 263 g/mol. The van der Waals surface area contributed by atoms with Gasteiger partial charge in [-0.3, -0.25) is 0 Å². The highest BCUT2D eigenvalue weighted by Gasteiger charge is 2.05. The van der Waals surface area contributed by atoms with Crippen LogP contribution in [0.25, 0.3) is 11.3 Å². The largest absolute Gasteiger partial charge is 0.398 e. The number of H-pyrrole nitrogens is 1. The van der Waals surface area contributed by atoms with E-state index in [-0.39, 0.29) is 0 Å². The third kappa shape index (κ3) is 2.57. The number of benzene rings is 2. The van der Waals surface area contributed by atoms with Gasteiger partial charge < -0.3 is 10.7 Å². The van der Waals surface area contributed by atoms with E-state index in [0.29, 0.717) is 0 Å². The molecule has 20 heavy (non-hydrogen) atoms. The quantitative estimate of drug-likeness (QED) is 0.710. The predicted octanol–water partition coefficient (Wildman–Crippen LogP) is 3.56. The molecule has 3 N–H and O–H groups in total. The van der Waals surface area contributed by atoms with Crippen molar-refractivity contribution in [1.82, 2.24) is 9.97 Å². The topological polar surface area (TPSA) is 54.7 Å². The molecule has 3 aromatic rings. The Kier molecular flexibility index (Phi) is 3.25. The zero-order valence-corrected chi connectivity index (χ0v) is 11.4. The van der Waals surface area contributed by atoms with Gasteiger partial charge in [-0.1, -0.05) is 42.5 Å². The number of hydrogen-bond acceptors (Lipinski definition) is 2. The molecule has 0 spiro atoms. The number of hydrogen-bond donors (Lipinski definition) is 2. The molecule has 3 rings (SSSR count). The molecule has 0 saturated heterocycles. The molecule has 0 unspecified atom stereocenters. The smallest absolute Gasteiger partial charge is 0.110 e. The summed E-state index contributed by atoms with van der Waals surface area (Å²) in [6, 6.07) is 16.4. The van der Waals surface area contributed by atoms with Crippen molar-refractivity contribution in [2.24, 2.45) is 0 Å². The van der Waals surface area contributed by atoms with E-state index in [9.17, 15) is 0 Å². The summed E-state index contributed by atoms with van der Waals surface area (Å²) < 4.78 is 0. The second-order valence-corrected chi connectivity index (χ2v) is 4.98. The third-order valence-electron chi connectivity index (χ3n) is 3.43. The van der Waals surface area contributed by atoms with Crippen molar-refractivity contribution in [2.75, 3.05) is 5.73 Å². The van der Waals surface area contributed by atoms with Crippen molar-refractivity contribution in [3.8, 4) is 11.3 Å². The van der Waals surface area contributed by atoms with Gasteiger partial charge in [-0.25, -0.2) is 4.98 Å². The van der Waals surface area contributed by atoms with Crippen LogP contribution in [-0.4, -0.2) is 9.97 Å². The number of aromatic nitrogens is 2. The Morgan fingerprint density at radius 2 is 1.90 bits per heavy atom. The predicted molar refractivity (Wildman–Crippen MR) is 82.4 cm³/mol. The van der Waals surface area contributed by atoms with E-state index in [2.05, 4.69) is 28.2 Å². The monoisotopic (exact) mass is 263 g/mol. The van der Waals surface area contributed by atoms with Crippen LogP contribution in [-0.2, 0) is 6.42 Å². The maximum atomic E-state index is 5.95. The number of nitrogen functional groups attached to an aromatic ring is 1. The maximum Gasteiger partial charge on any atom is 0.110 e. The Morgan fingerprint density at radius 1 is 1.10 bits per heavy atom. The number of aromatic amines is 1. The maximum absolute atomic E-state index is 5.95. The zero-order valence-electron chi connectivity index (χ0n) is 11.4. The molecule has 0 bridgehead atoms. The lowest BCUT2D eigenvalue weighted by Crippen LogP contribution is -1.91. The second kappa shape index (κ2) is 5.21. The van der Waals surface area contributed by atoms with Gasteiger partial charge in [0.15, 0.2) is 0 Å². The Bertz CT molecular complexity index is 714. The Morgan fingerprint density at radius 3 is 2.65 bits per heavy atom. The van der Waals surface area contributed by atoms with Crippen LogP contribution >= 0.6 is 0 Å². The van der Waals surface area contributed by atoms with E-state index in [0.717, 1.165) is 34.8 Å². The minimum absolute atomic E-state index is 0.807. The number of nitrogens with one attached hydrogen (secondary N) is 1. The van der Waals surface area contributed by atoms with Crippen LogP contribution in [0.5, 0.6) is 0 Å². The minimum Gasteiger partial charge on any atom is -0.398 e. The van der Waals surface area contributed by atoms with Gasteiger partial charge >= 0.3 is 0 Å². The van der Waals surface area contributed by atoms with Crippen LogP contribution < -0.4 is 5.73 Å². The van der Waals surface area contributed by atoms with Gasteiger partial charge in [-0.05, 0) is 24.1 Å². The van der Waals surface area contributed by atoms with E-state index < -0.39 is 0 Å². The van der Waals surface area contributed by atoms with E-state index in [1.165, 1.54) is 5.56 Å². The Labute approximate surface area is 118 Å². The van der Waals surface area contributed by atoms with Crippen LogP contribution in [0.2, 0.25) is 0 Å². The third-order valence-corrected chi connectivity index (χ3v) is 3.43. The summed E-state index contributed by atoms with van der Waals surface area (Å²) in [5, 5.41) is 0. The van der Waals surface area contributed by atoms with Gasteiger partial charge in [0, 0.05) is 17.7 Å². The molecule has 100 valence electrons. The number of rotatable bonds is 3. The number of nitrogens with two attached hydrogens (primary N) is 1. The standard InChI is InChI=1S/C17H17N3/c1-12-7-8-14(10-15(12)18)16-11-19-17(20-16)9-13-5-3-2-4-6-13/h2-8,10-11H,9,18H2,1H3,(H,19,20). The first-order chi connectivity index (χ1) is 9.72. The molecule has 0 atom stereocenters. The van der Waals surface area contributed by atoms with Gasteiger partial charge in [-0.15, -0.1) is 0 Å². The average Bonchev–Trinajstić information content (AvgIpc) is 2.91. The van der Waals surface area contributed by atoms with Gasteiger partial charge in [0.1, 0.15) is 5.82 Å². The van der Waals surface area contributed by atoms with Crippen LogP contribution in [0.15, 0.2) is 54.7 Å². The van der Waals surface area contributed by atoms with Gasteiger partial charge in [0.25, 0.3) is 0 Å². The van der Waals surface area contributed by atoms with Gasteiger partial charge in [0.05, 0.1) is 11.9 Å². The fraction of sp³-hybridized carbons (Fsp3) is 0.118. The number of anilines is 1. The van der Waals surface area contributed by atoms with E-state index in [4.69, 9.17) is 5.73 Å². The fourth-order valence-corrected chi connectivity index (χ4v) is 2.20. The van der Waals surface area contributed by atoms with Crippen molar-refractivity contribution < 1.29 is 0 Å². The molecule has 0 amide bonds. The van der Waals surface area contributed by atoms with E-state index in [1.807, 2.05) is 43.5 Å². The highest BCUT2D eigenvalue weighted by Crippen LogP contribution is 2.22. The van der Waals surface area contributed by atoms with Crippen molar-refractivity contribution >= 4 is 5.69 Å². The number of nitrogens with zero attached hydrogens (tertiary/aromatic N) is 1. The van der Waals surface area contributed by atoms with Crippen LogP contribution in [0.1, 0.15) is 17.0 Å². The van der Waals surface area contributed by atoms with Crippen molar-refractivity contribution in [3.63, 3.8) is 0 Å². The zero-order chi connectivity index (χ0) is 13.9. The summed E-state index contributed by atoms with van der Waals surface area (Å²) >= 11 is 0. The molecule has 0 aliphatic rings. The summed E-state index contributed by atoms with van der Waals surface area (Å²) in [5.74, 6) is 0.963. The van der Waals surface area contributed by atoms with E-state index in [1.54, 1.807) is 0 Å². The summed E-state index contributed by atoms with van der Waals surface area (Å²) in [5.41, 5.74) is 11.2. The minimum atomic E-state index is 0.807. The molecule has 0 fully saturated rings. The molecular weight excluding hydrogens is 246 g/mol. The lowest BCUT2D eigenvalue weighted by molar-refractivity contribution is 1.03. The second-order valence-electron chi connectivity index (χ2n) is 4.98. The molecular formula is C17H17N3. The summed E-state index contributed by atoms with van der Waals surface area (Å²) in [6.07, 6.45) is 2.67. The highest BCUT2D eigenvalue weighted by atomic mass is 14.9. The molecule has 3 nitrogen and oxygen atoms in total. The van der Waals surface area contributed by atoms with Gasteiger partial charge in [0.2, 0.25) is 0 Å². The first kappa shape index (κ1) is 12.5. The molecule has 0 radical (unpaired) electrons. The summed E-state index contributed by atoms with van der Waals surface area (Å²) in [4.78, 5) is 7.80. The van der Waals surface area contributed by atoms with Crippen molar-refractivity contribution in [1.29, 1.82) is 0 Å². The summed E-state index contributed by atoms with van der Waals surface area (Å²) in [7, 11) is 0. The molecule has 1 aromatic heterocycles. The van der Waals surface area contributed by atoms with Crippen molar-refractivity contribution in [2.45, 2.75) is 13.3 Å². The van der Waals surface area contributed by atoms with Crippen LogP contribution in [0, 0.1) is 6.92 Å². The fourth-order valence-electron chi connectivity index (χ4n) is 2.20. The van der Waals surface area contributed by atoms with E-state index >= 15 is 0 Å². The molecule has 0 saturated carbocycles. The number of imidazole rings is 1. The Balaban J connectivity index is 1.84. The molecule has 0 aliphatic heterocycles.